The molecule has 0 saturated heterocycles. The van der Waals surface area contributed by atoms with E-state index in [9.17, 15) is 4.79 Å². The molecule has 0 atom stereocenters. The van der Waals surface area contributed by atoms with Crippen molar-refractivity contribution in [1.82, 2.24) is 25.2 Å². The minimum Gasteiger partial charge on any atom is -0.341 e. The first-order valence-electron chi connectivity index (χ1n) is 7.52. The maximum atomic E-state index is 12.3. The van der Waals surface area contributed by atoms with Gasteiger partial charge < -0.3 is 10.2 Å². The molecule has 1 heterocycles. The van der Waals surface area contributed by atoms with Crippen molar-refractivity contribution < 1.29 is 4.79 Å². The van der Waals surface area contributed by atoms with Gasteiger partial charge in [0.05, 0.1) is 11.9 Å². The fourth-order valence-electron chi connectivity index (χ4n) is 1.98. The molecule has 0 spiro atoms. The lowest BCUT2D eigenvalue weighted by atomic mass is 10.2. The lowest BCUT2D eigenvalue weighted by molar-refractivity contribution is -0.132. The van der Waals surface area contributed by atoms with Crippen LogP contribution in [-0.4, -0.2) is 45.9 Å². The van der Waals surface area contributed by atoms with Gasteiger partial charge in [-0.05, 0) is 19.9 Å². The number of nitrogens with one attached hydrogen (secondary N) is 1. The number of aromatic nitrogens is 3. The van der Waals surface area contributed by atoms with Crippen LogP contribution in [0.2, 0.25) is 0 Å². The van der Waals surface area contributed by atoms with Gasteiger partial charge in [0, 0.05) is 19.6 Å². The molecule has 0 aliphatic carbocycles. The summed E-state index contributed by atoms with van der Waals surface area (Å²) in [6, 6.07) is 0. The molecule has 20 heavy (non-hydrogen) atoms. The summed E-state index contributed by atoms with van der Waals surface area (Å²) in [5, 5.41) is 11.0. The molecule has 0 bridgehead atoms. The fraction of sp³-hybridized carbons (Fsp3) is 0.786. The maximum absolute atomic E-state index is 12.3. The molecule has 6 heteroatoms. The minimum atomic E-state index is 0.132. The predicted octanol–water partition coefficient (Wildman–Crippen LogP) is 1.43. The van der Waals surface area contributed by atoms with E-state index in [1.165, 1.54) is 0 Å². The lowest BCUT2D eigenvalue weighted by Crippen LogP contribution is -2.35. The molecule has 0 aliphatic heterocycles. The summed E-state index contributed by atoms with van der Waals surface area (Å²) in [6.07, 6.45) is 6.14. The zero-order valence-electron chi connectivity index (χ0n) is 12.9. The molecule has 1 N–H and O–H groups in total. The van der Waals surface area contributed by atoms with Crippen molar-refractivity contribution in [3.8, 4) is 0 Å². The number of hydrogen-bond acceptors (Lipinski definition) is 4. The first-order valence-corrected chi connectivity index (χ1v) is 7.52. The molecule has 0 aliphatic rings. The van der Waals surface area contributed by atoms with Gasteiger partial charge >= 0.3 is 0 Å². The molecular weight excluding hydrogens is 254 g/mol. The van der Waals surface area contributed by atoms with Crippen molar-refractivity contribution in [3.63, 3.8) is 0 Å². The number of unbranched alkanes of at least 4 members (excludes halogenated alkanes) is 2. The summed E-state index contributed by atoms with van der Waals surface area (Å²) in [5.74, 6) is 0.132. The molecule has 0 unspecified atom stereocenters. The van der Waals surface area contributed by atoms with Crippen LogP contribution in [0.15, 0.2) is 6.20 Å². The van der Waals surface area contributed by atoms with Crippen LogP contribution in [0, 0.1) is 0 Å². The molecule has 0 saturated carbocycles. The highest BCUT2D eigenvalue weighted by molar-refractivity contribution is 5.75. The number of amides is 1. The number of carbonyl (C=O) groups excluding carboxylic acids is 1. The van der Waals surface area contributed by atoms with Gasteiger partial charge in [0.1, 0.15) is 6.54 Å². The minimum absolute atomic E-state index is 0.132. The van der Waals surface area contributed by atoms with Crippen molar-refractivity contribution >= 4 is 5.91 Å². The van der Waals surface area contributed by atoms with Gasteiger partial charge in [0.15, 0.2) is 0 Å². The number of nitrogens with zero attached hydrogens (tertiary/aromatic N) is 4. The Morgan fingerprint density at radius 3 is 2.50 bits per heavy atom. The largest absolute Gasteiger partial charge is 0.341 e. The molecular formula is C14H27N5O. The molecule has 0 aromatic carbocycles. The third-order valence-electron chi connectivity index (χ3n) is 3.16. The Balaban J connectivity index is 2.53. The van der Waals surface area contributed by atoms with Crippen LogP contribution in [-0.2, 0) is 17.9 Å². The van der Waals surface area contributed by atoms with Crippen LogP contribution < -0.4 is 5.32 Å². The maximum Gasteiger partial charge on any atom is 0.244 e. The van der Waals surface area contributed by atoms with E-state index in [0.29, 0.717) is 6.54 Å². The lowest BCUT2D eigenvalue weighted by Gasteiger charge is -2.22. The van der Waals surface area contributed by atoms with Crippen LogP contribution in [0.4, 0.5) is 0 Å². The van der Waals surface area contributed by atoms with E-state index in [1.807, 2.05) is 18.1 Å². The summed E-state index contributed by atoms with van der Waals surface area (Å²) in [4.78, 5) is 14.3. The topological polar surface area (TPSA) is 63.1 Å². The molecule has 114 valence electrons. The Morgan fingerprint density at radius 1 is 1.30 bits per heavy atom. The third-order valence-corrected chi connectivity index (χ3v) is 3.16. The van der Waals surface area contributed by atoms with E-state index in [-0.39, 0.29) is 12.5 Å². The van der Waals surface area contributed by atoms with E-state index in [1.54, 1.807) is 4.68 Å². The average molecular weight is 281 g/mol. The molecule has 1 aromatic heterocycles. The molecule has 6 nitrogen and oxygen atoms in total. The van der Waals surface area contributed by atoms with Crippen LogP contribution in [0.1, 0.15) is 45.2 Å². The van der Waals surface area contributed by atoms with E-state index >= 15 is 0 Å². The quantitative estimate of drug-likeness (QED) is 0.704. The van der Waals surface area contributed by atoms with E-state index in [2.05, 4.69) is 29.5 Å². The second kappa shape index (κ2) is 9.47. The smallest absolute Gasteiger partial charge is 0.244 e. The fourth-order valence-corrected chi connectivity index (χ4v) is 1.98. The van der Waals surface area contributed by atoms with E-state index < -0.39 is 0 Å². The van der Waals surface area contributed by atoms with Crippen LogP contribution in [0.3, 0.4) is 0 Å². The molecule has 0 fully saturated rings. The van der Waals surface area contributed by atoms with Crippen LogP contribution in [0.25, 0.3) is 0 Å². The second-order valence-corrected chi connectivity index (χ2v) is 5.03. The molecule has 1 rings (SSSR count). The highest BCUT2D eigenvalue weighted by Gasteiger charge is 2.14. The van der Waals surface area contributed by atoms with Gasteiger partial charge in [-0.15, -0.1) is 5.10 Å². The summed E-state index contributed by atoms with van der Waals surface area (Å²) in [6.45, 7) is 6.92. The average Bonchev–Trinajstić information content (AvgIpc) is 2.86. The second-order valence-electron chi connectivity index (χ2n) is 5.03. The Labute approximate surface area is 121 Å². The van der Waals surface area contributed by atoms with Crippen molar-refractivity contribution in [2.24, 2.45) is 0 Å². The molecule has 1 amide bonds. The highest BCUT2D eigenvalue weighted by atomic mass is 16.2. The first kappa shape index (κ1) is 16.6. The number of rotatable bonds is 10. The van der Waals surface area contributed by atoms with Crippen molar-refractivity contribution in [3.05, 3.63) is 11.9 Å². The predicted molar refractivity (Wildman–Crippen MR) is 79.2 cm³/mol. The SMILES string of the molecule is CCCCN(CCCC)C(=O)Cn1cc(CNC)nn1. The van der Waals surface area contributed by atoms with Gasteiger partial charge in [-0.1, -0.05) is 31.9 Å². The van der Waals surface area contributed by atoms with Gasteiger partial charge in [-0.2, -0.15) is 0 Å². The zero-order chi connectivity index (χ0) is 14.8. The first-order chi connectivity index (χ1) is 9.71. The summed E-state index contributed by atoms with van der Waals surface area (Å²) >= 11 is 0. The van der Waals surface area contributed by atoms with Gasteiger partial charge in [-0.25, -0.2) is 4.68 Å². The van der Waals surface area contributed by atoms with Crippen LogP contribution in [0.5, 0.6) is 0 Å². The third kappa shape index (κ3) is 5.69. The Hall–Kier alpha value is -1.43. The van der Waals surface area contributed by atoms with Gasteiger partial charge in [-0.3, -0.25) is 4.79 Å². The Morgan fingerprint density at radius 2 is 1.95 bits per heavy atom. The normalized spacial score (nSPS) is 10.8. The summed E-state index contributed by atoms with van der Waals surface area (Å²) < 4.78 is 1.62. The number of carbonyl (C=O) groups is 1. The molecule has 0 radical (unpaired) electrons. The standard InChI is InChI=1S/C14H27N5O/c1-4-6-8-18(9-7-5-2)14(20)12-19-11-13(10-15-3)16-17-19/h11,15H,4-10,12H2,1-3H3. The Bertz CT molecular complexity index is 383. The summed E-state index contributed by atoms with van der Waals surface area (Å²) in [5.41, 5.74) is 0.856. The monoisotopic (exact) mass is 281 g/mol. The van der Waals surface area contributed by atoms with Gasteiger partial charge in [0.25, 0.3) is 0 Å². The highest BCUT2D eigenvalue weighted by Crippen LogP contribution is 2.02. The van der Waals surface area contributed by atoms with Crippen molar-refractivity contribution in [2.45, 2.75) is 52.6 Å². The van der Waals surface area contributed by atoms with Crippen LogP contribution >= 0.6 is 0 Å². The molecule has 1 aromatic rings. The zero-order valence-corrected chi connectivity index (χ0v) is 12.9. The Kier molecular flexibility index (Phi) is 7.87. The van der Waals surface area contributed by atoms with E-state index in [4.69, 9.17) is 0 Å². The van der Waals surface area contributed by atoms with Gasteiger partial charge in [0.2, 0.25) is 5.91 Å². The van der Waals surface area contributed by atoms with E-state index in [0.717, 1.165) is 44.5 Å². The number of hydrogen-bond donors (Lipinski definition) is 1. The summed E-state index contributed by atoms with van der Waals surface area (Å²) in [7, 11) is 1.86. The van der Waals surface area contributed by atoms with Crippen molar-refractivity contribution in [2.75, 3.05) is 20.1 Å². The van der Waals surface area contributed by atoms with Crippen molar-refractivity contribution in [1.29, 1.82) is 0 Å².